The molecule has 0 fully saturated rings. The average Bonchev–Trinajstić information content (AvgIpc) is 2.69. The number of hydrogen-bond acceptors (Lipinski definition) is 3. The number of carbonyl (C=O) groups excluding carboxylic acids is 1. The number of carbonyl (C=O) groups is 1. The molecule has 29 heavy (non-hydrogen) atoms. The molecule has 0 saturated carbocycles. The Hall–Kier alpha value is -0.570. The van der Waals surface area contributed by atoms with E-state index in [9.17, 15) is 4.79 Å². The van der Waals surface area contributed by atoms with Gasteiger partial charge in [0.2, 0.25) is 0 Å². The van der Waals surface area contributed by atoms with Crippen LogP contribution in [0, 0.1) is 0 Å². The first-order valence-corrected chi connectivity index (χ1v) is 12.9. The third-order valence-electron chi connectivity index (χ3n) is 6.01. The molecule has 3 nitrogen and oxygen atoms in total. The molecular formula is C26H53NO2. The van der Waals surface area contributed by atoms with Crippen molar-refractivity contribution in [3.8, 4) is 0 Å². The van der Waals surface area contributed by atoms with Crippen LogP contribution in [0.15, 0.2) is 0 Å². The second-order valence-corrected chi connectivity index (χ2v) is 9.17. The van der Waals surface area contributed by atoms with E-state index in [-0.39, 0.29) is 12.2 Å². The van der Waals surface area contributed by atoms with Crippen molar-refractivity contribution < 1.29 is 9.53 Å². The fourth-order valence-corrected chi connectivity index (χ4v) is 3.70. The Kier molecular flexibility index (Phi) is 21.7. The summed E-state index contributed by atoms with van der Waals surface area (Å²) in [5.74, 6) is -0.0572. The van der Waals surface area contributed by atoms with Crippen molar-refractivity contribution in [1.82, 2.24) is 4.90 Å². The smallest absolute Gasteiger partial charge is 0.307 e. The van der Waals surface area contributed by atoms with Crippen LogP contribution in [0.3, 0.4) is 0 Å². The lowest BCUT2D eigenvalue weighted by molar-refractivity contribution is -0.155. The van der Waals surface area contributed by atoms with Gasteiger partial charge in [-0.05, 0) is 27.4 Å². The van der Waals surface area contributed by atoms with Crippen LogP contribution in [0.5, 0.6) is 0 Å². The van der Waals surface area contributed by atoms with Gasteiger partial charge in [0, 0.05) is 6.42 Å². The zero-order valence-electron chi connectivity index (χ0n) is 20.5. The SMILES string of the molecule is CCCCCCCCCCCCCCCCCCCCCC(=O)OC(C)N(C)C. The Morgan fingerprint density at radius 2 is 0.931 bits per heavy atom. The summed E-state index contributed by atoms with van der Waals surface area (Å²) in [6, 6.07) is 0. The van der Waals surface area contributed by atoms with Gasteiger partial charge in [-0.15, -0.1) is 0 Å². The maximum atomic E-state index is 11.7. The summed E-state index contributed by atoms with van der Waals surface area (Å²) in [4.78, 5) is 13.6. The third-order valence-corrected chi connectivity index (χ3v) is 6.01. The minimum absolute atomic E-state index is 0.0572. The molecule has 0 heterocycles. The molecule has 0 aromatic carbocycles. The van der Waals surface area contributed by atoms with E-state index >= 15 is 0 Å². The van der Waals surface area contributed by atoms with E-state index < -0.39 is 0 Å². The Bertz CT molecular complexity index is 344. The number of rotatable bonds is 22. The highest BCUT2D eigenvalue weighted by Gasteiger charge is 2.10. The normalized spacial score (nSPS) is 12.4. The predicted molar refractivity (Wildman–Crippen MR) is 127 cm³/mol. The molecule has 3 heteroatoms. The molecule has 0 radical (unpaired) electrons. The predicted octanol–water partition coefficient (Wildman–Crippen LogP) is 8.26. The summed E-state index contributed by atoms with van der Waals surface area (Å²) >= 11 is 0. The minimum Gasteiger partial charge on any atom is -0.447 e. The van der Waals surface area contributed by atoms with Crippen molar-refractivity contribution in [1.29, 1.82) is 0 Å². The van der Waals surface area contributed by atoms with Crippen molar-refractivity contribution in [2.75, 3.05) is 14.1 Å². The highest BCUT2D eigenvalue weighted by Crippen LogP contribution is 2.15. The summed E-state index contributed by atoms with van der Waals surface area (Å²) in [5.41, 5.74) is 0. The van der Waals surface area contributed by atoms with Gasteiger partial charge in [-0.3, -0.25) is 9.69 Å². The number of esters is 1. The molecule has 0 aliphatic heterocycles. The van der Waals surface area contributed by atoms with Crippen LogP contribution < -0.4 is 0 Å². The molecule has 0 saturated heterocycles. The largest absolute Gasteiger partial charge is 0.447 e. The topological polar surface area (TPSA) is 29.5 Å². The zero-order valence-corrected chi connectivity index (χ0v) is 20.5. The molecule has 0 aliphatic carbocycles. The Morgan fingerprint density at radius 1 is 0.621 bits per heavy atom. The van der Waals surface area contributed by atoms with Gasteiger partial charge in [0.25, 0.3) is 0 Å². The van der Waals surface area contributed by atoms with Gasteiger partial charge < -0.3 is 4.74 Å². The van der Waals surface area contributed by atoms with Gasteiger partial charge in [0.05, 0.1) is 0 Å². The van der Waals surface area contributed by atoms with Crippen LogP contribution in [0.4, 0.5) is 0 Å². The molecule has 1 atom stereocenters. The van der Waals surface area contributed by atoms with Crippen LogP contribution in [0.2, 0.25) is 0 Å². The maximum absolute atomic E-state index is 11.7. The highest BCUT2D eigenvalue weighted by atomic mass is 16.6. The van der Waals surface area contributed by atoms with Gasteiger partial charge in [0.15, 0.2) is 6.23 Å². The van der Waals surface area contributed by atoms with Crippen molar-refractivity contribution in [3.63, 3.8) is 0 Å². The van der Waals surface area contributed by atoms with E-state index in [1.807, 2.05) is 25.9 Å². The van der Waals surface area contributed by atoms with Crippen LogP contribution in [0.1, 0.15) is 142 Å². The standard InChI is InChI=1S/C26H53NO2/c1-5-6-7-8-9-10-11-12-13-14-15-16-17-18-19-20-21-22-23-24-26(28)29-25(2)27(3)4/h25H,5-24H2,1-4H3. The fourth-order valence-electron chi connectivity index (χ4n) is 3.70. The van der Waals surface area contributed by atoms with E-state index in [0.717, 1.165) is 12.8 Å². The molecule has 0 aromatic heterocycles. The van der Waals surface area contributed by atoms with Crippen LogP contribution in [-0.2, 0) is 9.53 Å². The summed E-state index contributed by atoms with van der Waals surface area (Å²) in [6.45, 7) is 4.20. The second-order valence-electron chi connectivity index (χ2n) is 9.17. The number of ether oxygens (including phenoxy) is 1. The van der Waals surface area contributed by atoms with E-state index in [2.05, 4.69) is 6.92 Å². The van der Waals surface area contributed by atoms with Crippen molar-refractivity contribution >= 4 is 5.97 Å². The molecule has 0 rings (SSSR count). The van der Waals surface area contributed by atoms with Gasteiger partial charge in [-0.1, -0.05) is 122 Å². The van der Waals surface area contributed by atoms with Crippen molar-refractivity contribution in [2.24, 2.45) is 0 Å². The van der Waals surface area contributed by atoms with E-state index in [1.165, 1.54) is 109 Å². The number of hydrogen-bond donors (Lipinski definition) is 0. The third kappa shape index (κ3) is 21.9. The maximum Gasteiger partial charge on any atom is 0.307 e. The lowest BCUT2D eigenvalue weighted by Gasteiger charge is -2.19. The molecule has 0 aromatic rings. The number of nitrogens with zero attached hydrogens (tertiary/aromatic N) is 1. The Morgan fingerprint density at radius 3 is 1.24 bits per heavy atom. The highest BCUT2D eigenvalue weighted by molar-refractivity contribution is 5.69. The first-order valence-electron chi connectivity index (χ1n) is 12.9. The van der Waals surface area contributed by atoms with Crippen molar-refractivity contribution in [2.45, 2.75) is 148 Å². The molecule has 0 bridgehead atoms. The molecule has 0 N–H and O–H groups in total. The quantitative estimate of drug-likeness (QED) is 0.102. The van der Waals surface area contributed by atoms with Gasteiger partial charge in [0.1, 0.15) is 0 Å². The summed E-state index contributed by atoms with van der Waals surface area (Å²) in [7, 11) is 3.85. The molecule has 0 aliphatic rings. The fraction of sp³-hybridized carbons (Fsp3) is 0.962. The molecular weight excluding hydrogens is 358 g/mol. The summed E-state index contributed by atoms with van der Waals surface area (Å²) in [6.07, 6.45) is 26.6. The first-order chi connectivity index (χ1) is 14.1. The molecule has 1 unspecified atom stereocenters. The first kappa shape index (κ1) is 28.4. The van der Waals surface area contributed by atoms with E-state index in [1.54, 1.807) is 0 Å². The molecule has 0 amide bonds. The van der Waals surface area contributed by atoms with Gasteiger partial charge in [-0.2, -0.15) is 0 Å². The Labute approximate surface area is 183 Å². The van der Waals surface area contributed by atoms with Gasteiger partial charge in [-0.25, -0.2) is 0 Å². The second kappa shape index (κ2) is 22.1. The lowest BCUT2D eigenvalue weighted by atomic mass is 10.0. The minimum atomic E-state index is -0.122. The summed E-state index contributed by atoms with van der Waals surface area (Å²) in [5, 5.41) is 0. The van der Waals surface area contributed by atoms with Crippen molar-refractivity contribution in [3.05, 3.63) is 0 Å². The van der Waals surface area contributed by atoms with Crippen LogP contribution in [0.25, 0.3) is 0 Å². The molecule has 0 spiro atoms. The summed E-state index contributed by atoms with van der Waals surface area (Å²) < 4.78 is 5.34. The average molecular weight is 412 g/mol. The van der Waals surface area contributed by atoms with Crippen LogP contribution >= 0.6 is 0 Å². The number of unbranched alkanes of at least 4 members (excludes halogenated alkanes) is 18. The molecule has 174 valence electrons. The monoisotopic (exact) mass is 411 g/mol. The lowest BCUT2D eigenvalue weighted by Crippen LogP contribution is -2.29. The Balaban J connectivity index is 3.14. The zero-order chi connectivity index (χ0) is 21.6. The van der Waals surface area contributed by atoms with E-state index in [4.69, 9.17) is 4.74 Å². The van der Waals surface area contributed by atoms with Gasteiger partial charge >= 0.3 is 5.97 Å². The van der Waals surface area contributed by atoms with Crippen LogP contribution in [-0.4, -0.2) is 31.2 Å². The van der Waals surface area contributed by atoms with E-state index in [0.29, 0.717) is 6.42 Å².